The number of benzene rings is 1. The Balaban J connectivity index is 0.00000162. The molecule has 98 valence electrons. The van der Waals surface area contributed by atoms with E-state index in [2.05, 4.69) is 5.32 Å². The fourth-order valence-corrected chi connectivity index (χ4v) is 2.20. The van der Waals surface area contributed by atoms with Crippen molar-refractivity contribution in [3.8, 4) is 0 Å². The third-order valence-corrected chi connectivity index (χ3v) is 3.38. The van der Waals surface area contributed by atoms with Gasteiger partial charge in [0.1, 0.15) is 0 Å². The van der Waals surface area contributed by atoms with Crippen LogP contribution in [0.3, 0.4) is 0 Å². The molecule has 1 heterocycles. The van der Waals surface area contributed by atoms with Crippen molar-refractivity contribution in [3.63, 3.8) is 0 Å². The summed E-state index contributed by atoms with van der Waals surface area (Å²) in [6.45, 7) is 2.09. The summed E-state index contributed by atoms with van der Waals surface area (Å²) in [6.07, 6.45) is 0.450. The molecule has 1 aromatic carbocycles. The Morgan fingerprint density at radius 2 is 2.06 bits per heavy atom. The zero-order valence-electron chi connectivity index (χ0n) is 9.83. The maximum absolute atomic E-state index is 12.1. The van der Waals surface area contributed by atoms with Gasteiger partial charge in [-0.3, -0.25) is 9.59 Å². The largest absolute Gasteiger partial charge is 0.342 e. The van der Waals surface area contributed by atoms with E-state index in [1.807, 2.05) is 0 Å². The van der Waals surface area contributed by atoms with Crippen LogP contribution >= 0.6 is 24.0 Å². The lowest BCUT2D eigenvalue weighted by molar-refractivity contribution is 0.0824. The number of carbonyl (C=O) groups excluding carboxylic acids is 2. The van der Waals surface area contributed by atoms with Crippen LogP contribution in [0.25, 0.3) is 0 Å². The van der Waals surface area contributed by atoms with Crippen LogP contribution < -0.4 is 11.1 Å². The molecule has 1 aromatic rings. The Bertz CT molecular complexity index is 503. The highest BCUT2D eigenvalue weighted by atomic mass is 35.5. The summed E-state index contributed by atoms with van der Waals surface area (Å²) in [6, 6.07) is 2.74. The van der Waals surface area contributed by atoms with Crippen LogP contribution in [0.4, 0.5) is 0 Å². The summed E-state index contributed by atoms with van der Waals surface area (Å²) in [5.74, 6) is -0.345. The molecule has 0 aliphatic carbocycles. The van der Waals surface area contributed by atoms with Crippen LogP contribution in [0.5, 0.6) is 0 Å². The van der Waals surface area contributed by atoms with Gasteiger partial charge >= 0.3 is 0 Å². The Hall–Kier alpha value is -1.10. The average Bonchev–Trinajstić information content (AvgIpc) is 2.29. The molecule has 0 aromatic heterocycles. The molecule has 1 amide bonds. The lowest BCUT2D eigenvalue weighted by Gasteiger charge is -2.25. The highest BCUT2D eigenvalue weighted by molar-refractivity contribution is 6.32. The number of rotatable bonds is 2. The molecule has 1 unspecified atom stereocenters. The van der Waals surface area contributed by atoms with E-state index in [9.17, 15) is 9.59 Å². The normalized spacial score (nSPS) is 17.8. The number of fused-ring (bicyclic) bond motifs is 1. The average molecular weight is 289 g/mol. The molecule has 6 heteroatoms. The van der Waals surface area contributed by atoms with Crippen molar-refractivity contribution >= 4 is 35.7 Å². The SMILES string of the molecule is Cc1c(Cl)ccc2c1C(=O)NC(CCN)C2=O.Cl. The monoisotopic (exact) mass is 288 g/mol. The van der Waals surface area contributed by atoms with Gasteiger partial charge in [0.15, 0.2) is 5.78 Å². The molecule has 18 heavy (non-hydrogen) atoms. The standard InChI is InChI=1S/C12H13ClN2O2.ClH/c1-6-8(13)3-2-7-10(6)12(17)15-9(4-5-14)11(7)16;/h2-3,9H,4-5,14H2,1H3,(H,15,17);1H. The van der Waals surface area contributed by atoms with Crippen molar-refractivity contribution in [2.45, 2.75) is 19.4 Å². The second-order valence-electron chi connectivity index (χ2n) is 4.06. The summed E-state index contributed by atoms with van der Waals surface area (Å²) in [4.78, 5) is 24.0. The zero-order chi connectivity index (χ0) is 12.6. The van der Waals surface area contributed by atoms with Crippen LogP contribution in [0.2, 0.25) is 5.02 Å². The Morgan fingerprint density at radius 1 is 1.39 bits per heavy atom. The van der Waals surface area contributed by atoms with Gasteiger partial charge in [0.05, 0.1) is 11.6 Å². The van der Waals surface area contributed by atoms with Crippen LogP contribution in [0.1, 0.15) is 32.7 Å². The van der Waals surface area contributed by atoms with E-state index in [-0.39, 0.29) is 24.1 Å². The van der Waals surface area contributed by atoms with E-state index in [0.29, 0.717) is 34.7 Å². The highest BCUT2D eigenvalue weighted by Gasteiger charge is 2.32. The molecule has 0 fully saturated rings. The molecule has 1 aliphatic rings. The van der Waals surface area contributed by atoms with Gasteiger partial charge in [-0.2, -0.15) is 0 Å². The van der Waals surface area contributed by atoms with Crippen LogP contribution in [0.15, 0.2) is 12.1 Å². The van der Waals surface area contributed by atoms with E-state index in [1.54, 1.807) is 19.1 Å². The number of nitrogens with one attached hydrogen (secondary N) is 1. The van der Waals surface area contributed by atoms with Gasteiger partial charge < -0.3 is 11.1 Å². The number of carbonyl (C=O) groups is 2. The summed E-state index contributed by atoms with van der Waals surface area (Å²) in [7, 11) is 0. The molecule has 1 atom stereocenters. The van der Waals surface area contributed by atoms with Crippen LogP contribution in [0, 0.1) is 6.92 Å². The topological polar surface area (TPSA) is 72.2 Å². The molecule has 3 N–H and O–H groups in total. The molecule has 0 saturated carbocycles. The number of ketones is 1. The minimum absolute atomic E-state index is 0. The van der Waals surface area contributed by atoms with Crippen molar-refractivity contribution in [1.29, 1.82) is 0 Å². The first kappa shape index (κ1) is 15.0. The van der Waals surface area contributed by atoms with Gasteiger partial charge in [-0.1, -0.05) is 11.6 Å². The third-order valence-electron chi connectivity index (χ3n) is 2.97. The van der Waals surface area contributed by atoms with Crippen molar-refractivity contribution in [2.75, 3.05) is 6.54 Å². The highest BCUT2D eigenvalue weighted by Crippen LogP contribution is 2.26. The fourth-order valence-electron chi connectivity index (χ4n) is 2.04. The summed E-state index contributed by atoms with van der Waals surface area (Å²) >= 11 is 5.94. The van der Waals surface area contributed by atoms with Crippen LogP contribution in [-0.4, -0.2) is 24.3 Å². The van der Waals surface area contributed by atoms with E-state index < -0.39 is 6.04 Å². The molecule has 0 bridgehead atoms. The maximum atomic E-state index is 12.1. The lowest BCUT2D eigenvalue weighted by atomic mass is 9.89. The number of amides is 1. The lowest BCUT2D eigenvalue weighted by Crippen LogP contribution is -2.47. The number of nitrogens with two attached hydrogens (primary N) is 1. The smallest absolute Gasteiger partial charge is 0.252 e. The second kappa shape index (κ2) is 5.69. The number of hydrogen-bond acceptors (Lipinski definition) is 3. The molecule has 0 radical (unpaired) electrons. The quantitative estimate of drug-likeness (QED) is 0.870. The maximum Gasteiger partial charge on any atom is 0.252 e. The summed E-state index contributed by atoms with van der Waals surface area (Å²) < 4.78 is 0. The van der Waals surface area contributed by atoms with Crippen molar-refractivity contribution in [1.82, 2.24) is 5.32 Å². The van der Waals surface area contributed by atoms with Crippen molar-refractivity contribution < 1.29 is 9.59 Å². The van der Waals surface area contributed by atoms with Gasteiger partial charge in [-0.05, 0) is 37.6 Å². The Labute approximate surface area is 116 Å². The first-order valence-corrected chi connectivity index (χ1v) is 5.78. The zero-order valence-corrected chi connectivity index (χ0v) is 11.4. The number of hydrogen-bond donors (Lipinski definition) is 2. The predicted octanol–water partition coefficient (Wildman–Crippen LogP) is 1.71. The summed E-state index contributed by atoms with van der Waals surface area (Å²) in [5.41, 5.74) is 6.88. The predicted molar refractivity (Wildman–Crippen MR) is 72.7 cm³/mol. The molecule has 0 spiro atoms. The molecular formula is C12H14Cl2N2O2. The summed E-state index contributed by atoms with van der Waals surface area (Å²) in [5, 5.41) is 3.15. The van der Waals surface area contributed by atoms with Gasteiger partial charge in [0.2, 0.25) is 0 Å². The fraction of sp³-hybridized carbons (Fsp3) is 0.333. The van der Waals surface area contributed by atoms with Crippen LogP contribution in [-0.2, 0) is 0 Å². The van der Waals surface area contributed by atoms with Gasteiger partial charge in [-0.25, -0.2) is 0 Å². The van der Waals surface area contributed by atoms with Gasteiger partial charge in [-0.15, -0.1) is 12.4 Å². The molecule has 1 aliphatic heterocycles. The second-order valence-corrected chi connectivity index (χ2v) is 4.47. The number of Topliss-reactive ketones (excluding diaryl/α,β-unsaturated/α-hetero) is 1. The first-order chi connectivity index (χ1) is 8.06. The molecule has 2 rings (SSSR count). The van der Waals surface area contributed by atoms with E-state index in [1.165, 1.54) is 0 Å². The van der Waals surface area contributed by atoms with Crippen molar-refractivity contribution in [2.24, 2.45) is 5.73 Å². The Morgan fingerprint density at radius 3 is 2.67 bits per heavy atom. The molecular weight excluding hydrogens is 275 g/mol. The van der Waals surface area contributed by atoms with E-state index in [0.717, 1.165) is 0 Å². The number of halogens is 2. The van der Waals surface area contributed by atoms with Gasteiger partial charge in [0, 0.05) is 10.6 Å². The Kier molecular flexibility index (Phi) is 4.73. The molecule has 4 nitrogen and oxygen atoms in total. The molecule has 0 saturated heterocycles. The minimum atomic E-state index is -0.513. The third kappa shape index (κ3) is 2.36. The van der Waals surface area contributed by atoms with E-state index >= 15 is 0 Å². The van der Waals surface area contributed by atoms with Gasteiger partial charge in [0.25, 0.3) is 5.91 Å². The van der Waals surface area contributed by atoms with Crippen molar-refractivity contribution in [3.05, 3.63) is 33.8 Å². The van der Waals surface area contributed by atoms with E-state index in [4.69, 9.17) is 17.3 Å². The minimum Gasteiger partial charge on any atom is -0.342 e. The first-order valence-electron chi connectivity index (χ1n) is 5.40.